The van der Waals surface area contributed by atoms with Crippen LogP contribution in [0.15, 0.2) is 66.7 Å². The summed E-state index contributed by atoms with van der Waals surface area (Å²) in [7, 11) is 0. The van der Waals surface area contributed by atoms with E-state index in [1.807, 2.05) is 54.6 Å². The highest BCUT2D eigenvalue weighted by Crippen LogP contribution is 2.30. The minimum Gasteiger partial charge on any atom is -0.462 e. The van der Waals surface area contributed by atoms with E-state index in [1.54, 1.807) is 13.0 Å². The number of nitrogens with zero attached hydrogens (tertiary/aromatic N) is 3. The van der Waals surface area contributed by atoms with Gasteiger partial charge in [-0.2, -0.15) is 5.26 Å². The Balaban J connectivity index is 1.89. The van der Waals surface area contributed by atoms with E-state index >= 15 is 0 Å². The lowest BCUT2D eigenvalue weighted by Gasteiger charge is -2.15. The number of aryl methyl sites for hydroxylation is 1. The number of carbonyl (C=O) groups is 1. The van der Waals surface area contributed by atoms with Gasteiger partial charge in [-0.3, -0.25) is 0 Å². The number of hydrogen-bond acceptors (Lipinski definition) is 4. The number of benzene rings is 3. The van der Waals surface area contributed by atoms with Crippen LogP contribution in [0.1, 0.15) is 41.2 Å². The number of para-hydroxylation sites is 1. The van der Waals surface area contributed by atoms with Crippen molar-refractivity contribution in [3.8, 4) is 17.2 Å². The summed E-state index contributed by atoms with van der Waals surface area (Å²) in [4.78, 5) is 17.4. The predicted octanol–water partition coefficient (Wildman–Crippen LogP) is 5.36. The van der Waals surface area contributed by atoms with Gasteiger partial charge in [0.1, 0.15) is 5.82 Å². The van der Waals surface area contributed by atoms with Gasteiger partial charge in [0.25, 0.3) is 0 Å². The van der Waals surface area contributed by atoms with Crippen LogP contribution >= 0.6 is 0 Å². The van der Waals surface area contributed by atoms with Gasteiger partial charge < -0.3 is 9.30 Å². The second-order valence-electron chi connectivity index (χ2n) is 7.18. The minimum absolute atomic E-state index is 0.317. The van der Waals surface area contributed by atoms with Gasteiger partial charge >= 0.3 is 5.97 Å². The molecule has 0 unspecified atom stereocenters. The fraction of sp³-hybridized carbons (Fsp3) is 0.192. The molecule has 0 spiro atoms. The fourth-order valence-corrected chi connectivity index (χ4v) is 3.95. The Labute approximate surface area is 181 Å². The molecule has 0 bridgehead atoms. The molecule has 31 heavy (non-hydrogen) atoms. The SMILES string of the molecule is CCOC(=O)c1cccc2nc(CC)n(Cc3ccccc3-c3ccccc3C#N)c12. The molecule has 154 valence electrons. The van der Waals surface area contributed by atoms with Crippen molar-refractivity contribution in [3.63, 3.8) is 0 Å². The van der Waals surface area contributed by atoms with Crippen molar-refractivity contribution in [2.24, 2.45) is 0 Å². The molecule has 5 heteroatoms. The maximum Gasteiger partial charge on any atom is 0.340 e. The Morgan fingerprint density at radius 2 is 1.74 bits per heavy atom. The van der Waals surface area contributed by atoms with Gasteiger partial charge in [-0.1, -0.05) is 55.5 Å². The smallest absolute Gasteiger partial charge is 0.340 e. The fourth-order valence-electron chi connectivity index (χ4n) is 3.95. The Bertz CT molecular complexity index is 1300. The van der Waals surface area contributed by atoms with Crippen molar-refractivity contribution in [1.29, 1.82) is 5.26 Å². The topological polar surface area (TPSA) is 67.9 Å². The zero-order chi connectivity index (χ0) is 21.8. The molecule has 0 radical (unpaired) electrons. The molecule has 0 amide bonds. The Kier molecular flexibility index (Phi) is 5.81. The number of ether oxygens (including phenoxy) is 1. The quantitative estimate of drug-likeness (QED) is 0.402. The first kappa shape index (κ1) is 20.4. The second kappa shape index (κ2) is 8.85. The minimum atomic E-state index is -0.347. The predicted molar refractivity (Wildman–Crippen MR) is 121 cm³/mol. The summed E-state index contributed by atoms with van der Waals surface area (Å²) < 4.78 is 7.38. The number of fused-ring (bicyclic) bond motifs is 1. The summed E-state index contributed by atoms with van der Waals surface area (Å²) in [6.07, 6.45) is 0.730. The molecule has 0 N–H and O–H groups in total. The third-order valence-corrected chi connectivity index (χ3v) is 5.34. The highest BCUT2D eigenvalue weighted by molar-refractivity contribution is 6.02. The van der Waals surface area contributed by atoms with Crippen LogP contribution in [-0.2, 0) is 17.7 Å². The van der Waals surface area contributed by atoms with Gasteiger partial charge in [-0.25, -0.2) is 9.78 Å². The van der Waals surface area contributed by atoms with Crippen LogP contribution in [0, 0.1) is 11.3 Å². The summed E-state index contributed by atoms with van der Waals surface area (Å²) in [5.41, 5.74) is 5.65. The number of esters is 1. The van der Waals surface area contributed by atoms with Gasteiger partial charge in [-0.05, 0) is 41.8 Å². The third-order valence-electron chi connectivity index (χ3n) is 5.34. The van der Waals surface area contributed by atoms with Gasteiger partial charge in [0.05, 0.1) is 34.8 Å². The zero-order valence-corrected chi connectivity index (χ0v) is 17.6. The molecule has 5 nitrogen and oxygen atoms in total. The summed E-state index contributed by atoms with van der Waals surface area (Å²) >= 11 is 0. The molecule has 0 aliphatic heterocycles. The lowest BCUT2D eigenvalue weighted by molar-refractivity contribution is 0.0528. The maximum absolute atomic E-state index is 12.6. The van der Waals surface area contributed by atoms with E-state index in [1.165, 1.54) is 0 Å². The number of hydrogen-bond donors (Lipinski definition) is 0. The van der Waals surface area contributed by atoms with Crippen LogP contribution in [-0.4, -0.2) is 22.1 Å². The number of aromatic nitrogens is 2. The van der Waals surface area contributed by atoms with Crippen LogP contribution in [0.5, 0.6) is 0 Å². The molecule has 0 fully saturated rings. The van der Waals surface area contributed by atoms with Gasteiger partial charge in [-0.15, -0.1) is 0 Å². The normalized spacial score (nSPS) is 10.7. The number of nitriles is 1. The Hall–Kier alpha value is -3.91. The highest BCUT2D eigenvalue weighted by atomic mass is 16.5. The molecule has 3 aromatic carbocycles. The van der Waals surface area contributed by atoms with Crippen LogP contribution in [0.3, 0.4) is 0 Å². The first-order valence-electron chi connectivity index (χ1n) is 10.4. The first-order valence-corrected chi connectivity index (χ1v) is 10.4. The molecule has 4 rings (SSSR count). The van der Waals surface area contributed by atoms with E-state index < -0.39 is 0 Å². The molecule has 0 aliphatic carbocycles. The van der Waals surface area contributed by atoms with Gasteiger partial charge in [0.2, 0.25) is 0 Å². The second-order valence-corrected chi connectivity index (χ2v) is 7.18. The van der Waals surface area contributed by atoms with E-state index in [0.717, 1.165) is 40.0 Å². The molecule has 1 heterocycles. The van der Waals surface area contributed by atoms with Gasteiger partial charge in [0, 0.05) is 13.0 Å². The van der Waals surface area contributed by atoms with Crippen LogP contribution < -0.4 is 0 Å². The lowest BCUT2D eigenvalue weighted by Crippen LogP contribution is -2.10. The summed E-state index contributed by atoms with van der Waals surface area (Å²) in [6, 6.07) is 23.5. The largest absolute Gasteiger partial charge is 0.462 e. The van der Waals surface area contributed by atoms with Crippen molar-refractivity contribution < 1.29 is 9.53 Å². The Morgan fingerprint density at radius 3 is 2.48 bits per heavy atom. The monoisotopic (exact) mass is 409 g/mol. The van der Waals surface area contributed by atoms with Crippen LogP contribution in [0.4, 0.5) is 0 Å². The summed E-state index contributed by atoms with van der Waals surface area (Å²) in [5.74, 6) is 0.551. The lowest BCUT2D eigenvalue weighted by atomic mass is 9.95. The molecular weight excluding hydrogens is 386 g/mol. The number of imidazole rings is 1. The third kappa shape index (κ3) is 3.80. The molecule has 0 saturated carbocycles. The van der Waals surface area contributed by atoms with Crippen molar-refractivity contribution >= 4 is 17.0 Å². The van der Waals surface area contributed by atoms with Crippen molar-refractivity contribution in [2.75, 3.05) is 6.61 Å². The van der Waals surface area contributed by atoms with E-state index in [0.29, 0.717) is 24.3 Å². The standard InChI is InChI=1S/C26H23N3O2/c1-3-24-28-23-15-9-14-22(26(30)31-4-2)25(23)29(24)17-19-11-6-8-13-21(19)20-12-7-5-10-18(20)16-27/h5-15H,3-4,17H2,1-2H3. The molecule has 0 atom stereocenters. The average Bonchev–Trinajstić information content (AvgIpc) is 3.17. The van der Waals surface area contributed by atoms with E-state index in [-0.39, 0.29) is 5.97 Å². The average molecular weight is 409 g/mol. The van der Waals surface area contributed by atoms with E-state index in [4.69, 9.17) is 9.72 Å². The van der Waals surface area contributed by atoms with Crippen molar-refractivity contribution in [3.05, 3.63) is 89.2 Å². The van der Waals surface area contributed by atoms with Crippen LogP contribution in [0.2, 0.25) is 0 Å². The molecule has 1 aromatic heterocycles. The van der Waals surface area contributed by atoms with E-state index in [2.05, 4.69) is 23.6 Å². The highest BCUT2D eigenvalue weighted by Gasteiger charge is 2.19. The first-order chi connectivity index (χ1) is 15.2. The van der Waals surface area contributed by atoms with Crippen LogP contribution in [0.25, 0.3) is 22.2 Å². The number of rotatable bonds is 6. The van der Waals surface area contributed by atoms with Crippen molar-refractivity contribution in [1.82, 2.24) is 9.55 Å². The molecule has 0 aliphatic rings. The maximum atomic E-state index is 12.6. The van der Waals surface area contributed by atoms with Crippen molar-refractivity contribution in [2.45, 2.75) is 26.8 Å². The summed E-state index contributed by atoms with van der Waals surface area (Å²) in [5, 5.41) is 9.58. The molecule has 0 saturated heterocycles. The van der Waals surface area contributed by atoms with E-state index in [9.17, 15) is 10.1 Å². The molecule has 4 aromatic rings. The zero-order valence-electron chi connectivity index (χ0n) is 17.6. The van der Waals surface area contributed by atoms with Gasteiger partial charge in [0.15, 0.2) is 0 Å². The summed E-state index contributed by atoms with van der Waals surface area (Å²) in [6.45, 7) is 4.71. The molecular formula is C26H23N3O2. The number of carbonyl (C=O) groups excluding carboxylic acids is 1. The Morgan fingerprint density at radius 1 is 1.00 bits per heavy atom.